The Morgan fingerprint density at radius 1 is 0.681 bits per heavy atom. The zero-order chi connectivity index (χ0) is 32.1. The van der Waals surface area contributed by atoms with Crippen molar-refractivity contribution in [3.63, 3.8) is 0 Å². The lowest BCUT2D eigenvalue weighted by Crippen LogP contribution is -2.39. The highest BCUT2D eigenvalue weighted by Crippen LogP contribution is 2.43. The first-order valence-corrected chi connectivity index (χ1v) is 16.1. The van der Waals surface area contributed by atoms with E-state index in [1.54, 1.807) is 0 Å². The van der Waals surface area contributed by atoms with E-state index in [9.17, 15) is 0 Å². The molecule has 0 bridgehead atoms. The molecule has 7 aromatic rings. The van der Waals surface area contributed by atoms with E-state index in [-0.39, 0.29) is 0 Å². The fraction of sp³-hybridized carbons (Fsp3) is 0.150. The third kappa shape index (κ3) is 5.61. The predicted molar refractivity (Wildman–Crippen MR) is 186 cm³/mol. The van der Waals surface area contributed by atoms with E-state index in [1.807, 2.05) is 28.9 Å². The van der Waals surface area contributed by atoms with Crippen LogP contribution >= 0.6 is 0 Å². The van der Waals surface area contributed by atoms with Gasteiger partial charge in [-0.15, -0.1) is 5.10 Å². The van der Waals surface area contributed by atoms with Gasteiger partial charge < -0.3 is 10.3 Å². The Morgan fingerprint density at radius 2 is 1.23 bits per heavy atom. The van der Waals surface area contributed by atoms with Crippen molar-refractivity contribution in [2.75, 3.05) is 5.73 Å². The first-order chi connectivity index (χ1) is 23.2. The van der Waals surface area contributed by atoms with Crippen LogP contribution in [-0.4, -0.2) is 25.4 Å². The molecule has 5 aromatic carbocycles. The van der Waals surface area contributed by atoms with Gasteiger partial charge in [-0.2, -0.15) is 0 Å². The molecule has 7 rings (SSSR count). The molecule has 232 valence electrons. The molecule has 0 radical (unpaired) electrons. The summed E-state index contributed by atoms with van der Waals surface area (Å²) in [5.41, 5.74) is 14.6. The Labute approximate surface area is 274 Å². The van der Waals surface area contributed by atoms with Crippen LogP contribution in [0.1, 0.15) is 53.3 Å². The summed E-state index contributed by atoms with van der Waals surface area (Å²) in [6, 6.07) is 48.3. The molecule has 0 aliphatic carbocycles. The molecule has 0 unspecified atom stereocenters. The normalized spacial score (nSPS) is 11.5. The van der Waals surface area contributed by atoms with Crippen molar-refractivity contribution < 1.29 is 4.52 Å². The van der Waals surface area contributed by atoms with Crippen molar-refractivity contribution in [2.24, 2.45) is 0 Å². The minimum atomic E-state index is -0.840. The molecule has 0 fully saturated rings. The van der Waals surface area contributed by atoms with Crippen LogP contribution in [0.25, 0.3) is 22.5 Å². The molecule has 0 amide bonds. The van der Waals surface area contributed by atoms with Crippen molar-refractivity contribution in [2.45, 2.75) is 38.1 Å². The van der Waals surface area contributed by atoms with Crippen LogP contribution < -0.4 is 5.73 Å². The number of rotatable bonds is 11. The van der Waals surface area contributed by atoms with Crippen LogP contribution in [0, 0.1) is 0 Å². The Kier molecular flexibility index (Phi) is 8.43. The monoisotopic (exact) mass is 616 g/mol. The number of hydrogen-bond donors (Lipinski definition) is 1. The minimum absolute atomic E-state index is 0.399. The number of tetrazole rings is 1. The average molecular weight is 617 g/mol. The maximum Gasteiger partial charge on any atom is 0.225 e. The smallest absolute Gasteiger partial charge is 0.225 e. The fourth-order valence-corrected chi connectivity index (χ4v) is 6.51. The molecular weight excluding hydrogens is 580 g/mol. The fourth-order valence-electron chi connectivity index (χ4n) is 6.51. The summed E-state index contributed by atoms with van der Waals surface area (Å²) < 4.78 is 7.34. The first kappa shape index (κ1) is 29.9. The molecule has 0 spiro atoms. The van der Waals surface area contributed by atoms with E-state index >= 15 is 0 Å². The van der Waals surface area contributed by atoms with Crippen LogP contribution in [0.4, 0.5) is 5.88 Å². The largest absolute Gasteiger partial charge is 0.367 e. The van der Waals surface area contributed by atoms with Gasteiger partial charge in [-0.05, 0) is 56.6 Å². The van der Waals surface area contributed by atoms with Gasteiger partial charge in [0.05, 0.1) is 5.69 Å². The Morgan fingerprint density at radius 3 is 1.81 bits per heavy atom. The highest BCUT2D eigenvalue weighted by Gasteiger charge is 2.42. The van der Waals surface area contributed by atoms with Crippen molar-refractivity contribution >= 4 is 5.88 Å². The van der Waals surface area contributed by atoms with Crippen molar-refractivity contribution in [1.29, 1.82) is 0 Å². The van der Waals surface area contributed by atoms with Crippen molar-refractivity contribution in [3.8, 4) is 22.5 Å². The zero-order valence-corrected chi connectivity index (χ0v) is 26.3. The van der Waals surface area contributed by atoms with Gasteiger partial charge in [-0.25, -0.2) is 4.68 Å². The van der Waals surface area contributed by atoms with Gasteiger partial charge in [0.2, 0.25) is 5.88 Å². The second-order valence-corrected chi connectivity index (χ2v) is 11.7. The van der Waals surface area contributed by atoms with E-state index in [2.05, 4.69) is 133 Å². The van der Waals surface area contributed by atoms with Crippen LogP contribution in [0.3, 0.4) is 0 Å². The quantitative estimate of drug-likeness (QED) is 0.147. The standard InChI is InChI=1S/C40H36N6O/c1-2-3-23-37-36(38(41)47-43-37)28-29-24-26-30(27-25-29)34-21-13-14-22-35(34)39-42-44-45-46(39)40(31-15-7-4-8-16-31,32-17-9-5-10-18-32)33-19-11-6-12-20-33/h4-22,24-27H,2-3,23,28,41H2,1H3. The summed E-state index contributed by atoms with van der Waals surface area (Å²) in [7, 11) is 0. The van der Waals surface area contributed by atoms with Gasteiger partial charge in [0.1, 0.15) is 5.54 Å². The molecule has 7 nitrogen and oxygen atoms in total. The topological polar surface area (TPSA) is 95.7 Å². The van der Waals surface area contributed by atoms with Crippen LogP contribution in [0.5, 0.6) is 0 Å². The van der Waals surface area contributed by atoms with Crippen molar-refractivity contribution in [1.82, 2.24) is 25.4 Å². The summed E-state index contributed by atoms with van der Waals surface area (Å²) in [6.07, 6.45) is 3.67. The van der Waals surface area contributed by atoms with E-state index < -0.39 is 5.54 Å². The highest BCUT2D eigenvalue weighted by atomic mass is 16.5. The summed E-state index contributed by atoms with van der Waals surface area (Å²) in [6.45, 7) is 2.17. The van der Waals surface area contributed by atoms with Crippen LogP contribution in [0.15, 0.2) is 144 Å². The van der Waals surface area contributed by atoms with Gasteiger partial charge in [0, 0.05) is 17.5 Å². The van der Waals surface area contributed by atoms with Gasteiger partial charge in [0.15, 0.2) is 5.82 Å². The Hall–Kier alpha value is -5.82. The molecule has 7 heteroatoms. The highest BCUT2D eigenvalue weighted by molar-refractivity contribution is 5.81. The molecular formula is C40H36N6O. The molecule has 2 heterocycles. The van der Waals surface area contributed by atoms with E-state index in [4.69, 9.17) is 20.6 Å². The summed E-state index contributed by atoms with van der Waals surface area (Å²) in [5, 5.41) is 18.0. The molecule has 0 atom stereocenters. The molecule has 0 aliphatic heterocycles. The summed E-state index contributed by atoms with van der Waals surface area (Å²) in [4.78, 5) is 0. The minimum Gasteiger partial charge on any atom is -0.367 e. The van der Waals surface area contributed by atoms with E-state index in [1.165, 1.54) is 0 Å². The second kappa shape index (κ2) is 13.3. The number of nitrogens with two attached hydrogens (primary N) is 1. The summed E-state index contributed by atoms with van der Waals surface area (Å²) in [5.74, 6) is 1.06. The number of anilines is 1. The average Bonchev–Trinajstić information content (AvgIpc) is 3.76. The molecule has 0 saturated carbocycles. The predicted octanol–water partition coefficient (Wildman–Crippen LogP) is 8.35. The Balaban J connectivity index is 1.34. The lowest BCUT2D eigenvalue weighted by Gasteiger charge is -2.36. The molecule has 0 aliphatic rings. The van der Waals surface area contributed by atoms with E-state index in [0.717, 1.165) is 69.5 Å². The number of aromatic nitrogens is 5. The zero-order valence-electron chi connectivity index (χ0n) is 26.3. The number of unbranched alkanes of at least 4 members (excludes halogenated alkanes) is 1. The van der Waals surface area contributed by atoms with Crippen LogP contribution in [-0.2, 0) is 18.4 Å². The lowest BCUT2D eigenvalue weighted by molar-refractivity contribution is 0.426. The summed E-state index contributed by atoms with van der Waals surface area (Å²) >= 11 is 0. The second-order valence-electron chi connectivity index (χ2n) is 11.7. The maximum atomic E-state index is 6.18. The van der Waals surface area contributed by atoms with Gasteiger partial charge in [0.25, 0.3) is 0 Å². The SMILES string of the molecule is CCCCc1noc(N)c1Cc1ccc(-c2ccccc2-c2nnnn2C(c2ccccc2)(c2ccccc2)c2ccccc2)cc1. The molecule has 0 saturated heterocycles. The van der Waals surface area contributed by atoms with Crippen molar-refractivity contribution in [3.05, 3.63) is 173 Å². The number of nitrogen functional groups attached to an aromatic ring is 1. The van der Waals surface area contributed by atoms with Gasteiger partial charge in [-0.3, -0.25) is 0 Å². The number of hydrogen-bond acceptors (Lipinski definition) is 6. The number of benzene rings is 5. The van der Waals surface area contributed by atoms with Crippen LogP contribution in [0.2, 0.25) is 0 Å². The van der Waals surface area contributed by atoms with Gasteiger partial charge >= 0.3 is 0 Å². The van der Waals surface area contributed by atoms with E-state index in [0.29, 0.717) is 18.1 Å². The third-order valence-corrected chi connectivity index (χ3v) is 8.84. The number of aryl methyl sites for hydroxylation is 1. The number of nitrogens with zero attached hydrogens (tertiary/aromatic N) is 5. The Bertz CT molecular complexity index is 1950. The maximum absolute atomic E-state index is 6.18. The molecule has 2 aromatic heterocycles. The molecule has 2 N–H and O–H groups in total. The molecule has 47 heavy (non-hydrogen) atoms. The lowest BCUT2D eigenvalue weighted by atomic mass is 9.77. The third-order valence-electron chi connectivity index (χ3n) is 8.84. The van der Waals surface area contributed by atoms with Gasteiger partial charge in [-0.1, -0.05) is 158 Å². The first-order valence-electron chi connectivity index (χ1n) is 16.1.